The molecule has 3 rings (SSSR count). The quantitative estimate of drug-likeness (QED) is 0.914. The van der Waals surface area contributed by atoms with E-state index in [-0.39, 0.29) is 30.1 Å². The second kappa shape index (κ2) is 6.24. The molecule has 120 valence electrons. The van der Waals surface area contributed by atoms with Crippen LogP contribution in [0.4, 0.5) is 0 Å². The first-order valence-electron chi connectivity index (χ1n) is 7.70. The number of amides is 2. The first-order valence-corrected chi connectivity index (χ1v) is 7.70. The van der Waals surface area contributed by atoms with E-state index >= 15 is 0 Å². The standard InChI is InChI=1S/C17H20N4O2/c1-12-9-20(11-15(12)17(18)23)16(22)7-13-8-19-21(10-13)14-5-3-2-4-6-14/h2-6,8,10,12,15H,7,9,11H2,1H3,(H2,18,23)/t12-,15-/m1/s1. The molecular weight excluding hydrogens is 292 g/mol. The minimum absolute atomic E-state index is 0.00760. The number of aromatic nitrogens is 2. The van der Waals surface area contributed by atoms with Gasteiger partial charge in [0.25, 0.3) is 0 Å². The summed E-state index contributed by atoms with van der Waals surface area (Å²) < 4.78 is 1.75. The van der Waals surface area contributed by atoms with Crippen molar-refractivity contribution in [3.05, 3.63) is 48.3 Å². The Morgan fingerprint density at radius 2 is 2.00 bits per heavy atom. The van der Waals surface area contributed by atoms with Gasteiger partial charge in [0.1, 0.15) is 0 Å². The summed E-state index contributed by atoms with van der Waals surface area (Å²) in [6.45, 7) is 2.96. The van der Waals surface area contributed by atoms with Crippen LogP contribution in [0.1, 0.15) is 12.5 Å². The van der Waals surface area contributed by atoms with Gasteiger partial charge in [-0.05, 0) is 23.6 Å². The lowest BCUT2D eigenvalue weighted by Crippen LogP contribution is -2.32. The lowest BCUT2D eigenvalue weighted by molar-refractivity contribution is -0.129. The molecule has 0 spiro atoms. The van der Waals surface area contributed by atoms with Gasteiger partial charge in [0, 0.05) is 19.3 Å². The fraction of sp³-hybridized carbons (Fsp3) is 0.353. The van der Waals surface area contributed by atoms with Gasteiger partial charge in [-0.15, -0.1) is 0 Å². The summed E-state index contributed by atoms with van der Waals surface area (Å²) in [6, 6.07) is 9.74. The Bertz CT molecular complexity index is 710. The highest BCUT2D eigenvalue weighted by Crippen LogP contribution is 2.23. The summed E-state index contributed by atoms with van der Waals surface area (Å²) in [6.07, 6.45) is 3.85. The highest BCUT2D eigenvalue weighted by Gasteiger charge is 2.35. The highest BCUT2D eigenvalue weighted by molar-refractivity contribution is 5.82. The van der Waals surface area contributed by atoms with Crippen molar-refractivity contribution in [3.8, 4) is 5.69 Å². The average Bonchev–Trinajstić information content (AvgIpc) is 3.15. The number of para-hydroxylation sites is 1. The maximum atomic E-state index is 12.4. The second-order valence-corrected chi connectivity index (χ2v) is 6.09. The second-order valence-electron chi connectivity index (χ2n) is 6.09. The van der Waals surface area contributed by atoms with Crippen LogP contribution in [0.2, 0.25) is 0 Å². The topological polar surface area (TPSA) is 81.2 Å². The van der Waals surface area contributed by atoms with Crippen molar-refractivity contribution >= 4 is 11.8 Å². The number of carbonyl (C=O) groups is 2. The summed E-state index contributed by atoms with van der Waals surface area (Å²) in [7, 11) is 0. The molecule has 1 aromatic heterocycles. The third kappa shape index (κ3) is 3.26. The fourth-order valence-electron chi connectivity index (χ4n) is 3.00. The van der Waals surface area contributed by atoms with Crippen molar-refractivity contribution < 1.29 is 9.59 Å². The number of hydrogen-bond donors (Lipinski definition) is 1. The van der Waals surface area contributed by atoms with Gasteiger partial charge in [-0.1, -0.05) is 25.1 Å². The van der Waals surface area contributed by atoms with Gasteiger partial charge in [0.05, 0.1) is 24.2 Å². The molecule has 1 aromatic carbocycles. The van der Waals surface area contributed by atoms with E-state index in [9.17, 15) is 9.59 Å². The maximum Gasteiger partial charge on any atom is 0.227 e. The van der Waals surface area contributed by atoms with Crippen molar-refractivity contribution in [2.24, 2.45) is 17.6 Å². The van der Waals surface area contributed by atoms with Crippen LogP contribution in [0, 0.1) is 11.8 Å². The number of nitrogens with zero attached hydrogens (tertiary/aromatic N) is 3. The largest absolute Gasteiger partial charge is 0.369 e. The molecular formula is C17H20N4O2. The van der Waals surface area contributed by atoms with E-state index in [2.05, 4.69) is 5.10 Å². The first kappa shape index (κ1) is 15.3. The van der Waals surface area contributed by atoms with Crippen molar-refractivity contribution in [1.29, 1.82) is 0 Å². The molecule has 2 amide bonds. The minimum Gasteiger partial charge on any atom is -0.369 e. The van der Waals surface area contributed by atoms with Crippen LogP contribution >= 0.6 is 0 Å². The lowest BCUT2D eigenvalue weighted by atomic mass is 9.98. The van der Waals surface area contributed by atoms with Gasteiger partial charge in [-0.25, -0.2) is 4.68 Å². The Hall–Kier alpha value is -2.63. The van der Waals surface area contributed by atoms with Crippen LogP contribution < -0.4 is 5.73 Å². The Morgan fingerprint density at radius 3 is 2.65 bits per heavy atom. The molecule has 1 aliphatic heterocycles. The predicted octanol–water partition coefficient (Wildman–Crippen LogP) is 0.995. The minimum atomic E-state index is -0.329. The third-order valence-electron chi connectivity index (χ3n) is 4.34. The Morgan fingerprint density at radius 1 is 1.26 bits per heavy atom. The fourth-order valence-corrected chi connectivity index (χ4v) is 3.00. The highest BCUT2D eigenvalue weighted by atomic mass is 16.2. The number of rotatable bonds is 4. The maximum absolute atomic E-state index is 12.4. The number of hydrogen-bond acceptors (Lipinski definition) is 3. The van der Waals surface area contributed by atoms with E-state index in [1.54, 1.807) is 15.8 Å². The summed E-state index contributed by atoms with van der Waals surface area (Å²) in [5.74, 6) is -0.451. The van der Waals surface area contributed by atoms with Crippen molar-refractivity contribution in [2.45, 2.75) is 13.3 Å². The predicted molar refractivity (Wildman–Crippen MR) is 85.7 cm³/mol. The van der Waals surface area contributed by atoms with Crippen LogP contribution in [0.3, 0.4) is 0 Å². The Balaban J connectivity index is 1.65. The number of primary amides is 1. The molecule has 0 bridgehead atoms. The Labute approximate surface area is 134 Å². The van der Waals surface area contributed by atoms with Crippen LogP contribution in [0.25, 0.3) is 5.69 Å². The smallest absolute Gasteiger partial charge is 0.227 e. The van der Waals surface area contributed by atoms with E-state index in [0.29, 0.717) is 13.1 Å². The van der Waals surface area contributed by atoms with Gasteiger partial charge < -0.3 is 10.6 Å². The van der Waals surface area contributed by atoms with Crippen LogP contribution in [-0.2, 0) is 16.0 Å². The van der Waals surface area contributed by atoms with E-state index in [4.69, 9.17) is 5.73 Å². The number of likely N-dealkylation sites (tertiary alicyclic amines) is 1. The van der Waals surface area contributed by atoms with E-state index in [1.165, 1.54) is 0 Å². The van der Waals surface area contributed by atoms with Gasteiger partial charge >= 0.3 is 0 Å². The lowest BCUT2D eigenvalue weighted by Gasteiger charge is -2.15. The molecule has 0 saturated carbocycles. The zero-order valence-electron chi connectivity index (χ0n) is 13.1. The molecule has 0 aliphatic carbocycles. The molecule has 1 fully saturated rings. The van der Waals surface area contributed by atoms with E-state index in [1.807, 2.05) is 43.5 Å². The van der Waals surface area contributed by atoms with Crippen LogP contribution in [-0.4, -0.2) is 39.6 Å². The van der Waals surface area contributed by atoms with Crippen LogP contribution in [0.15, 0.2) is 42.7 Å². The first-order chi connectivity index (χ1) is 11.0. The molecule has 1 saturated heterocycles. The molecule has 23 heavy (non-hydrogen) atoms. The Kier molecular flexibility index (Phi) is 4.14. The average molecular weight is 312 g/mol. The summed E-state index contributed by atoms with van der Waals surface area (Å²) in [4.78, 5) is 25.5. The third-order valence-corrected chi connectivity index (χ3v) is 4.34. The molecule has 2 aromatic rings. The number of nitrogens with two attached hydrogens (primary N) is 1. The zero-order valence-corrected chi connectivity index (χ0v) is 13.1. The molecule has 6 nitrogen and oxygen atoms in total. The van der Waals surface area contributed by atoms with E-state index < -0.39 is 0 Å². The molecule has 6 heteroatoms. The molecule has 0 radical (unpaired) electrons. The van der Waals surface area contributed by atoms with Crippen molar-refractivity contribution in [2.75, 3.05) is 13.1 Å². The zero-order chi connectivity index (χ0) is 16.4. The summed E-state index contributed by atoms with van der Waals surface area (Å²) >= 11 is 0. The molecule has 1 aliphatic rings. The molecule has 2 heterocycles. The van der Waals surface area contributed by atoms with Gasteiger partial charge in [0.2, 0.25) is 11.8 Å². The van der Waals surface area contributed by atoms with E-state index in [0.717, 1.165) is 11.3 Å². The number of carbonyl (C=O) groups excluding carboxylic acids is 2. The molecule has 2 atom stereocenters. The number of benzene rings is 1. The van der Waals surface area contributed by atoms with Crippen molar-refractivity contribution in [3.63, 3.8) is 0 Å². The van der Waals surface area contributed by atoms with Gasteiger partial charge in [-0.3, -0.25) is 9.59 Å². The summed E-state index contributed by atoms with van der Waals surface area (Å²) in [5, 5.41) is 4.30. The summed E-state index contributed by atoms with van der Waals surface area (Å²) in [5.41, 5.74) is 7.19. The van der Waals surface area contributed by atoms with Gasteiger partial charge in [0.15, 0.2) is 0 Å². The SMILES string of the molecule is C[C@@H]1CN(C(=O)Cc2cnn(-c3ccccc3)c2)C[C@H]1C(N)=O. The normalized spacial score (nSPS) is 20.7. The molecule has 0 unspecified atom stereocenters. The molecule has 2 N–H and O–H groups in total. The van der Waals surface area contributed by atoms with Crippen LogP contribution in [0.5, 0.6) is 0 Å². The van der Waals surface area contributed by atoms with Crippen molar-refractivity contribution in [1.82, 2.24) is 14.7 Å². The monoisotopic (exact) mass is 312 g/mol. The van der Waals surface area contributed by atoms with Gasteiger partial charge in [-0.2, -0.15) is 5.10 Å².